The molecule has 1 aromatic heterocycles. The van der Waals surface area contributed by atoms with E-state index in [1.165, 1.54) is 31.5 Å². The summed E-state index contributed by atoms with van der Waals surface area (Å²) in [6, 6.07) is 3.50. The van der Waals surface area contributed by atoms with Crippen molar-refractivity contribution in [3.05, 3.63) is 35.5 Å². The van der Waals surface area contributed by atoms with Crippen LogP contribution in [0.1, 0.15) is 48.5 Å². The number of likely N-dealkylation sites (N-methyl/N-ethyl adjacent to an activating group) is 2. The number of hydrogen-bond donors (Lipinski definition) is 3. The van der Waals surface area contributed by atoms with Gasteiger partial charge in [-0.05, 0) is 52.1 Å². The van der Waals surface area contributed by atoms with Gasteiger partial charge in [0.05, 0.1) is 18.6 Å². The lowest BCUT2D eigenvalue weighted by Crippen LogP contribution is -2.50. The Morgan fingerprint density at radius 2 is 1.88 bits per heavy atom. The highest BCUT2D eigenvalue weighted by atomic mass is 32.2. The van der Waals surface area contributed by atoms with E-state index in [0.29, 0.717) is 43.4 Å². The van der Waals surface area contributed by atoms with Gasteiger partial charge >= 0.3 is 6.18 Å². The van der Waals surface area contributed by atoms with Crippen molar-refractivity contribution in [2.45, 2.75) is 50.9 Å². The maximum atomic E-state index is 13.9. The molecular weight excluding hydrogens is 563 g/mol. The van der Waals surface area contributed by atoms with Crippen LogP contribution in [0.4, 0.5) is 30.6 Å². The summed E-state index contributed by atoms with van der Waals surface area (Å²) in [6.45, 7) is 2.64. The first-order chi connectivity index (χ1) is 19.3. The number of ether oxygens (including phenoxy) is 1. The molecule has 2 atom stereocenters. The van der Waals surface area contributed by atoms with Gasteiger partial charge in [-0.25, -0.2) is 13.4 Å². The molecule has 1 saturated carbocycles. The van der Waals surface area contributed by atoms with Crippen LogP contribution in [0.2, 0.25) is 0 Å². The van der Waals surface area contributed by atoms with Gasteiger partial charge in [-0.3, -0.25) is 4.79 Å². The third-order valence-corrected chi connectivity index (χ3v) is 8.85. The minimum absolute atomic E-state index is 0.111. The Morgan fingerprint density at radius 1 is 1.17 bits per heavy atom. The number of anilines is 3. The minimum atomic E-state index is -4.74. The van der Waals surface area contributed by atoms with Crippen LogP contribution < -0.4 is 20.7 Å². The summed E-state index contributed by atoms with van der Waals surface area (Å²) in [5.74, 6) is -0.734. The molecule has 0 bridgehead atoms. The molecule has 1 aliphatic carbocycles. The molecule has 0 unspecified atom stereocenters. The average molecular weight is 602 g/mol. The Hall–Kier alpha value is -3.17. The van der Waals surface area contributed by atoms with Crippen LogP contribution in [-0.2, 0) is 16.2 Å². The first-order valence-electron chi connectivity index (χ1n) is 13.3. The summed E-state index contributed by atoms with van der Waals surface area (Å²) in [4.78, 5) is 22.4. The van der Waals surface area contributed by atoms with E-state index in [1.807, 2.05) is 19.0 Å². The smallest absolute Gasteiger partial charge is 0.421 e. The van der Waals surface area contributed by atoms with E-state index in [0.717, 1.165) is 12.8 Å². The van der Waals surface area contributed by atoms with Crippen LogP contribution >= 0.6 is 0 Å². The van der Waals surface area contributed by atoms with Crippen LogP contribution in [0.5, 0.6) is 5.75 Å². The summed E-state index contributed by atoms with van der Waals surface area (Å²) in [6.07, 6.45) is -1.58. The van der Waals surface area contributed by atoms with E-state index in [9.17, 15) is 26.4 Å². The zero-order chi connectivity index (χ0) is 30.4. The molecule has 1 heterocycles. The van der Waals surface area contributed by atoms with Gasteiger partial charge in [-0.2, -0.15) is 22.5 Å². The molecule has 1 aromatic carbocycles. The van der Waals surface area contributed by atoms with Crippen molar-refractivity contribution in [2.75, 3.05) is 57.7 Å². The fraction of sp³-hybridized carbons (Fsp3) is 0.577. The van der Waals surface area contributed by atoms with Gasteiger partial charge < -0.3 is 25.6 Å². The molecule has 3 rings (SSSR count). The number of sulfonamides is 1. The highest BCUT2D eigenvalue weighted by Crippen LogP contribution is 2.37. The normalized spacial score (nSPS) is 17.9. The average Bonchev–Trinajstić information content (AvgIpc) is 2.92. The van der Waals surface area contributed by atoms with E-state index in [-0.39, 0.29) is 23.4 Å². The van der Waals surface area contributed by atoms with Crippen molar-refractivity contribution >= 4 is 33.4 Å². The number of methoxy groups -OCH3 is 1. The van der Waals surface area contributed by atoms with Gasteiger partial charge in [0, 0.05) is 44.0 Å². The zero-order valence-corrected chi connectivity index (χ0v) is 24.7. The number of nitrogens with zero attached hydrogens (tertiary/aromatic N) is 4. The van der Waals surface area contributed by atoms with E-state index in [2.05, 4.69) is 25.9 Å². The van der Waals surface area contributed by atoms with Crippen molar-refractivity contribution in [1.82, 2.24) is 24.5 Å². The Balaban J connectivity index is 1.88. The largest absolute Gasteiger partial charge is 0.495 e. The first-order valence-corrected chi connectivity index (χ1v) is 14.9. The number of alkyl halides is 3. The lowest BCUT2D eigenvalue weighted by Gasteiger charge is -2.38. The van der Waals surface area contributed by atoms with Crippen LogP contribution in [0.3, 0.4) is 0 Å². The second-order valence-electron chi connectivity index (χ2n) is 10.1. The highest BCUT2D eigenvalue weighted by molar-refractivity contribution is 7.89. The Kier molecular flexibility index (Phi) is 10.8. The number of benzene rings is 1. The number of hydrogen-bond acceptors (Lipinski definition) is 9. The molecule has 41 heavy (non-hydrogen) atoms. The number of carbonyl (C=O) groups excluding carboxylic acids is 1. The lowest BCUT2D eigenvalue weighted by molar-refractivity contribution is -0.137. The highest BCUT2D eigenvalue weighted by Gasteiger charge is 2.38. The molecule has 228 valence electrons. The molecular formula is C26H38F3N7O4S. The SMILES string of the molecule is CCS(=O)(=O)N(C)[C@@H]1CCCC[C@H]1Nc1nc(Nc2ccc(C(=O)NCCN(C)C)cc2OC)ncc1C(F)(F)F. The Morgan fingerprint density at radius 3 is 2.51 bits per heavy atom. The van der Waals surface area contributed by atoms with Crippen molar-refractivity contribution < 1.29 is 31.1 Å². The number of carbonyl (C=O) groups is 1. The summed E-state index contributed by atoms with van der Waals surface area (Å²) < 4.78 is 73.5. The fourth-order valence-corrected chi connectivity index (χ4v) is 5.68. The molecule has 0 spiro atoms. The van der Waals surface area contributed by atoms with Gasteiger partial charge in [0.25, 0.3) is 5.91 Å². The van der Waals surface area contributed by atoms with E-state index < -0.39 is 39.7 Å². The van der Waals surface area contributed by atoms with Crippen molar-refractivity contribution in [3.63, 3.8) is 0 Å². The Labute approximate surface area is 238 Å². The second-order valence-corrected chi connectivity index (χ2v) is 12.4. The van der Waals surface area contributed by atoms with Crippen LogP contribution in [0.15, 0.2) is 24.4 Å². The van der Waals surface area contributed by atoms with E-state index in [1.54, 1.807) is 12.1 Å². The van der Waals surface area contributed by atoms with Crippen molar-refractivity contribution in [1.29, 1.82) is 0 Å². The number of halogens is 3. The molecule has 2 aromatic rings. The molecule has 1 amide bonds. The quantitative estimate of drug-likeness (QED) is 0.335. The van der Waals surface area contributed by atoms with E-state index in [4.69, 9.17) is 4.74 Å². The monoisotopic (exact) mass is 601 g/mol. The van der Waals surface area contributed by atoms with Crippen LogP contribution in [-0.4, -0.2) is 92.7 Å². The van der Waals surface area contributed by atoms with Crippen LogP contribution in [0, 0.1) is 0 Å². The summed E-state index contributed by atoms with van der Waals surface area (Å²) >= 11 is 0. The van der Waals surface area contributed by atoms with Gasteiger partial charge in [0.2, 0.25) is 16.0 Å². The van der Waals surface area contributed by atoms with E-state index >= 15 is 0 Å². The lowest BCUT2D eigenvalue weighted by atomic mass is 9.90. The molecule has 3 N–H and O–H groups in total. The maximum absolute atomic E-state index is 13.9. The maximum Gasteiger partial charge on any atom is 0.421 e. The standard InChI is InChI=1S/C26H38F3N7O4S/c1-6-41(38,39)36(4)21-10-8-7-9-19(21)32-23-18(26(27,28)29)16-31-25(34-23)33-20-12-11-17(15-22(20)40-5)24(37)30-13-14-35(2)3/h11-12,15-16,19,21H,6-10,13-14H2,1-5H3,(H,30,37)(H2,31,32,33,34)/t19-,21-/m1/s1. The molecule has 15 heteroatoms. The van der Waals surface area contributed by atoms with Gasteiger partial charge in [0.15, 0.2) is 0 Å². The third-order valence-electron chi connectivity index (χ3n) is 6.97. The predicted molar refractivity (Wildman–Crippen MR) is 151 cm³/mol. The zero-order valence-electron chi connectivity index (χ0n) is 23.9. The van der Waals surface area contributed by atoms with Crippen molar-refractivity contribution in [3.8, 4) is 5.75 Å². The Bertz CT molecular complexity index is 1310. The van der Waals surface area contributed by atoms with Gasteiger partial charge in [0.1, 0.15) is 17.1 Å². The second kappa shape index (κ2) is 13.7. The summed E-state index contributed by atoms with van der Waals surface area (Å²) in [7, 11) is 3.09. The minimum Gasteiger partial charge on any atom is -0.495 e. The van der Waals surface area contributed by atoms with Crippen LogP contribution in [0.25, 0.3) is 0 Å². The number of nitrogens with one attached hydrogen (secondary N) is 3. The third kappa shape index (κ3) is 8.42. The molecule has 1 aliphatic rings. The first kappa shape index (κ1) is 32.3. The number of rotatable bonds is 12. The topological polar surface area (TPSA) is 129 Å². The molecule has 1 fully saturated rings. The summed E-state index contributed by atoms with van der Waals surface area (Å²) in [5.41, 5.74) is -0.381. The molecule has 0 saturated heterocycles. The van der Waals surface area contributed by atoms with Gasteiger partial charge in [-0.1, -0.05) is 12.8 Å². The number of amides is 1. The predicted octanol–water partition coefficient (Wildman–Crippen LogP) is 3.54. The van der Waals surface area contributed by atoms with Crippen molar-refractivity contribution in [2.24, 2.45) is 0 Å². The molecule has 11 nitrogen and oxygen atoms in total. The molecule has 0 aliphatic heterocycles. The summed E-state index contributed by atoms with van der Waals surface area (Å²) in [5, 5.41) is 8.56. The number of aromatic nitrogens is 2. The molecule has 0 radical (unpaired) electrons. The van der Waals surface area contributed by atoms with Gasteiger partial charge in [-0.15, -0.1) is 0 Å². The fourth-order valence-electron chi connectivity index (χ4n) is 4.61.